The summed E-state index contributed by atoms with van der Waals surface area (Å²) in [6, 6.07) is 7.56. The highest BCUT2D eigenvalue weighted by molar-refractivity contribution is 7.92. The maximum atomic E-state index is 14.8. The van der Waals surface area contributed by atoms with Crippen LogP contribution in [0.3, 0.4) is 0 Å². The van der Waals surface area contributed by atoms with Crippen molar-refractivity contribution >= 4 is 21.4 Å². The SMILES string of the molecule is O=S(=O)(c1ccc(Cl)cc1)[C@@]12CCOCC1COc1c(F)ccc(F)c12. The summed E-state index contributed by atoms with van der Waals surface area (Å²) in [5, 5.41) is 0.384. The Morgan fingerprint density at radius 1 is 1.04 bits per heavy atom. The maximum Gasteiger partial charge on any atom is 0.189 e. The van der Waals surface area contributed by atoms with E-state index in [1.807, 2.05) is 0 Å². The molecule has 2 atom stereocenters. The fraction of sp³-hybridized carbons (Fsp3) is 0.333. The summed E-state index contributed by atoms with van der Waals surface area (Å²) >= 11 is 5.87. The maximum absolute atomic E-state index is 14.8. The Labute approximate surface area is 154 Å². The highest BCUT2D eigenvalue weighted by Crippen LogP contribution is 2.53. The molecule has 1 saturated heterocycles. The third-order valence-electron chi connectivity index (χ3n) is 5.11. The molecule has 2 aliphatic heterocycles. The van der Waals surface area contributed by atoms with Gasteiger partial charge in [-0.15, -0.1) is 0 Å². The van der Waals surface area contributed by atoms with Gasteiger partial charge in [0.1, 0.15) is 10.6 Å². The number of ether oxygens (including phenoxy) is 2. The van der Waals surface area contributed by atoms with Crippen molar-refractivity contribution in [1.29, 1.82) is 0 Å². The quantitative estimate of drug-likeness (QED) is 0.771. The summed E-state index contributed by atoms with van der Waals surface area (Å²) in [5.74, 6) is -2.57. The topological polar surface area (TPSA) is 52.6 Å². The molecule has 1 unspecified atom stereocenters. The summed E-state index contributed by atoms with van der Waals surface area (Å²) in [5.41, 5.74) is -0.244. The van der Waals surface area contributed by atoms with Gasteiger partial charge in [0, 0.05) is 17.5 Å². The first kappa shape index (κ1) is 17.7. The van der Waals surface area contributed by atoms with Crippen molar-refractivity contribution in [1.82, 2.24) is 0 Å². The molecule has 0 bridgehead atoms. The van der Waals surface area contributed by atoms with Crippen LogP contribution in [0.15, 0.2) is 41.3 Å². The molecule has 4 nitrogen and oxygen atoms in total. The second-order valence-corrected chi connectivity index (χ2v) is 9.06. The molecule has 2 aromatic rings. The molecular formula is C18H15ClF2O4S. The van der Waals surface area contributed by atoms with Gasteiger partial charge in [-0.1, -0.05) is 11.6 Å². The van der Waals surface area contributed by atoms with Crippen LogP contribution >= 0.6 is 11.6 Å². The minimum atomic E-state index is -4.08. The van der Waals surface area contributed by atoms with Crippen LogP contribution in [0.2, 0.25) is 5.02 Å². The van der Waals surface area contributed by atoms with E-state index < -0.39 is 32.1 Å². The van der Waals surface area contributed by atoms with Gasteiger partial charge in [-0.2, -0.15) is 0 Å². The van der Waals surface area contributed by atoms with E-state index in [1.54, 1.807) is 0 Å². The molecule has 26 heavy (non-hydrogen) atoms. The molecule has 0 N–H and O–H groups in total. The lowest BCUT2D eigenvalue weighted by atomic mass is 9.79. The number of hydrogen-bond acceptors (Lipinski definition) is 4. The summed E-state index contributed by atoms with van der Waals surface area (Å²) < 4.78 is 65.5. The predicted octanol–water partition coefficient (Wildman–Crippen LogP) is 3.72. The van der Waals surface area contributed by atoms with Crippen LogP contribution in [0.5, 0.6) is 5.75 Å². The Morgan fingerprint density at radius 3 is 2.46 bits per heavy atom. The second-order valence-electron chi connectivity index (χ2n) is 6.41. The fourth-order valence-corrected chi connectivity index (χ4v) is 6.29. The molecule has 2 aliphatic rings. The lowest BCUT2D eigenvalue weighted by Gasteiger charge is -2.46. The van der Waals surface area contributed by atoms with Crippen LogP contribution in [0, 0.1) is 17.6 Å². The number of sulfone groups is 1. The molecule has 8 heteroatoms. The lowest BCUT2D eigenvalue weighted by molar-refractivity contribution is -0.00653. The molecule has 4 rings (SSSR count). The number of fused-ring (bicyclic) bond motifs is 3. The molecule has 0 radical (unpaired) electrons. The van der Waals surface area contributed by atoms with Crippen LogP contribution in [0.4, 0.5) is 8.78 Å². The Bertz CT molecular complexity index is 962. The molecular weight excluding hydrogens is 386 g/mol. The first-order valence-electron chi connectivity index (χ1n) is 8.07. The Morgan fingerprint density at radius 2 is 1.73 bits per heavy atom. The van der Waals surface area contributed by atoms with Gasteiger partial charge in [-0.25, -0.2) is 17.2 Å². The van der Waals surface area contributed by atoms with Crippen molar-refractivity contribution in [2.75, 3.05) is 19.8 Å². The van der Waals surface area contributed by atoms with E-state index in [2.05, 4.69) is 0 Å². The van der Waals surface area contributed by atoms with Gasteiger partial charge in [0.15, 0.2) is 21.4 Å². The third-order valence-corrected chi connectivity index (χ3v) is 7.96. The highest BCUT2D eigenvalue weighted by Gasteiger charge is 2.59. The molecule has 1 fully saturated rings. The van der Waals surface area contributed by atoms with Gasteiger partial charge in [0.05, 0.1) is 23.7 Å². The monoisotopic (exact) mass is 400 g/mol. The van der Waals surface area contributed by atoms with E-state index in [1.165, 1.54) is 24.3 Å². The van der Waals surface area contributed by atoms with Crippen molar-refractivity contribution in [3.8, 4) is 5.75 Å². The zero-order valence-corrected chi connectivity index (χ0v) is 15.1. The Kier molecular flexibility index (Phi) is 4.21. The standard InChI is InChI=1S/C18H15ClF2O4S/c19-12-1-3-13(4-2-12)26(22,23)18-7-8-24-9-11(18)10-25-17-15(21)6-5-14(20)16(17)18/h1-6,11H,7-10H2/t11?,18-/m0/s1. The molecule has 138 valence electrons. The van der Waals surface area contributed by atoms with Gasteiger partial charge < -0.3 is 9.47 Å². The number of benzene rings is 2. The van der Waals surface area contributed by atoms with E-state index in [-0.39, 0.29) is 42.4 Å². The molecule has 0 aliphatic carbocycles. The predicted molar refractivity (Wildman–Crippen MR) is 91.1 cm³/mol. The molecule has 2 aromatic carbocycles. The van der Waals surface area contributed by atoms with Crippen molar-refractivity contribution in [3.63, 3.8) is 0 Å². The van der Waals surface area contributed by atoms with E-state index >= 15 is 0 Å². The first-order valence-corrected chi connectivity index (χ1v) is 9.93. The van der Waals surface area contributed by atoms with Crippen LogP contribution in [-0.2, 0) is 19.3 Å². The van der Waals surface area contributed by atoms with Gasteiger partial charge in [0.2, 0.25) is 0 Å². The van der Waals surface area contributed by atoms with Crippen molar-refractivity contribution in [3.05, 3.63) is 58.6 Å². The van der Waals surface area contributed by atoms with Gasteiger partial charge >= 0.3 is 0 Å². The number of halogens is 3. The van der Waals surface area contributed by atoms with Crippen molar-refractivity contribution < 1.29 is 26.7 Å². The zero-order valence-electron chi connectivity index (χ0n) is 13.5. The molecule has 0 aromatic heterocycles. The van der Waals surface area contributed by atoms with Crippen LogP contribution < -0.4 is 4.74 Å². The smallest absolute Gasteiger partial charge is 0.189 e. The average molecular weight is 401 g/mol. The van der Waals surface area contributed by atoms with E-state index in [4.69, 9.17) is 21.1 Å². The van der Waals surface area contributed by atoms with Crippen LogP contribution in [0.25, 0.3) is 0 Å². The summed E-state index contributed by atoms with van der Waals surface area (Å²) in [6.07, 6.45) is 0.0133. The van der Waals surface area contributed by atoms with Gasteiger partial charge in [-0.3, -0.25) is 0 Å². The molecule has 2 heterocycles. The molecule has 0 amide bonds. The third kappa shape index (κ3) is 2.37. The summed E-state index contributed by atoms with van der Waals surface area (Å²) in [7, 11) is -4.08. The zero-order chi connectivity index (χ0) is 18.5. The minimum absolute atomic E-state index is 0.00492. The normalized spacial score (nSPS) is 25.1. The molecule has 0 saturated carbocycles. The summed E-state index contributed by atoms with van der Waals surface area (Å²) in [6.45, 7) is 0.140. The number of hydrogen-bond donors (Lipinski definition) is 0. The Balaban J connectivity index is 2.02. The van der Waals surface area contributed by atoms with E-state index in [0.717, 1.165) is 12.1 Å². The summed E-state index contributed by atoms with van der Waals surface area (Å²) in [4.78, 5) is 0.00492. The van der Waals surface area contributed by atoms with Gasteiger partial charge in [-0.05, 0) is 42.8 Å². The van der Waals surface area contributed by atoms with E-state index in [9.17, 15) is 17.2 Å². The average Bonchev–Trinajstić information content (AvgIpc) is 2.64. The first-order chi connectivity index (χ1) is 12.4. The van der Waals surface area contributed by atoms with Crippen LogP contribution in [-0.4, -0.2) is 28.2 Å². The van der Waals surface area contributed by atoms with Crippen molar-refractivity contribution in [2.24, 2.45) is 5.92 Å². The van der Waals surface area contributed by atoms with Gasteiger partial charge in [0.25, 0.3) is 0 Å². The minimum Gasteiger partial charge on any atom is -0.490 e. The Hall–Kier alpha value is -1.70. The van der Waals surface area contributed by atoms with Crippen LogP contribution in [0.1, 0.15) is 12.0 Å². The number of rotatable bonds is 2. The fourth-order valence-electron chi connectivity index (χ4n) is 3.86. The lowest BCUT2D eigenvalue weighted by Crippen LogP contribution is -2.54. The second kappa shape index (κ2) is 6.18. The molecule has 0 spiro atoms. The van der Waals surface area contributed by atoms with Crippen molar-refractivity contribution in [2.45, 2.75) is 16.1 Å². The largest absolute Gasteiger partial charge is 0.490 e. The van der Waals surface area contributed by atoms with E-state index in [0.29, 0.717) is 5.02 Å². The highest BCUT2D eigenvalue weighted by atomic mass is 35.5.